The number of amides is 2. The first-order valence-electron chi connectivity index (χ1n) is 11.3. The number of likely N-dealkylation sites (tertiary alicyclic amines) is 1. The van der Waals surface area contributed by atoms with E-state index >= 15 is 0 Å². The second kappa shape index (κ2) is 10.3. The minimum Gasteiger partial charge on any atom is -0.493 e. The van der Waals surface area contributed by atoms with Gasteiger partial charge < -0.3 is 19.1 Å². The molecule has 8 heteroatoms. The molecule has 1 fully saturated rings. The lowest BCUT2D eigenvalue weighted by atomic mass is 9.98. The third-order valence-corrected chi connectivity index (χ3v) is 6.35. The Morgan fingerprint density at radius 3 is 2.31 bits per heavy atom. The van der Waals surface area contributed by atoms with Crippen molar-refractivity contribution < 1.29 is 23.8 Å². The number of rotatable bonds is 7. The van der Waals surface area contributed by atoms with Crippen LogP contribution in [0.3, 0.4) is 0 Å². The average Bonchev–Trinajstić information content (AvgIpc) is 3.38. The van der Waals surface area contributed by atoms with Gasteiger partial charge in [0.05, 0.1) is 33.7 Å². The van der Waals surface area contributed by atoms with E-state index in [-0.39, 0.29) is 24.2 Å². The number of methoxy groups -OCH3 is 3. The number of fused-ring (bicyclic) bond motifs is 1. The number of hydrogen-bond acceptors (Lipinski definition) is 6. The molecule has 0 spiro atoms. The second-order valence-electron chi connectivity index (χ2n) is 8.41. The van der Waals surface area contributed by atoms with E-state index in [2.05, 4.69) is 11.4 Å². The van der Waals surface area contributed by atoms with E-state index in [1.165, 1.54) is 0 Å². The minimum atomic E-state index is -0.330. The van der Waals surface area contributed by atoms with Gasteiger partial charge in [0.25, 0.3) is 0 Å². The number of carbonyl (C=O) groups is 2. The zero-order valence-electron chi connectivity index (χ0n) is 20.0. The van der Waals surface area contributed by atoms with Gasteiger partial charge >= 0.3 is 0 Å². The summed E-state index contributed by atoms with van der Waals surface area (Å²) in [6, 6.07) is 15.9. The summed E-state index contributed by atoms with van der Waals surface area (Å²) in [5, 5.41) is 12.9. The van der Waals surface area contributed by atoms with Gasteiger partial charge in [0.1, 0.15) is 0 Å². The maximum atomic E-state index is 12.8. The Labute approximate surface area is 204 Å². The molecule has 0 aromatic heterocycles. The van der Waals surface area contributed by atoms with Crippen LogP contribution in [0.25, 0.3) is 21.9 Å². The molecule has 35 heavy (non-hydrogen) atoms. The first-order valence-corrected chi connectivity index (χ1v) is 11.3. The van der Waals surface area contributed by atoms with Crippen molar-refractivity contribution in [3.63, 3.8) is 0 Å². The van der Waals surface area contributed by atoms with Crippen molar-refractivity contribution in [3.05, 3.63) is 54.1 Å². The molecule has 0 radical (unpaired) electrons. The summed E-state index contributed by atoms with van der Waals surface area (Å²) in [5.74, 6) is 1.05. The molecule has 1 atom stereocenters. The molecule has 8 nitrogen and oxygen atoms in total. The molecule has 1 aliphatic heterocycles. The number of benzene rings is 3. The van der Waals surface area contributed by atoms with Gasteiger partial charge in [0.2, 0.25) is 17.6 Å². The van der Waals surface area contributed by atoms with Gasteiger partial charge in [-0.25, -0.2) is 0 Å². The van der Waals surface area contributed by atoms with Crippen LogP contribution < -0.4 is 19.5 Å². The number of carbonyl (C=O) groups excluding carboxylic acids is 2. The Morgan fingerprint density at radius 1 is 0.971 bits per heavy atom. The monoisotopic (exact) mass is 473 g/mol. The third kappa shape index (κ3) is 4.99. The number of nitriles is 1. The highest BCUT2D eigenvalue weighted by Gasteiger charge is 2.30. The summed E-state index contributed by atoms with van der Waals surface area (Å²) in [6.07, 6.45) is 2.49. The predicted octanol–water partition coefficient (Wildman–Crippen LogP) is 3.52. The van der Waals surface area contributed by atoms with Crippen molar-refractivity contribution in [2.75, 3.05) is 34.4 Å². The van der Waals surface area contributed by atoms with Crippen LogP contribution in [-0.4, -0.2) is 51.1 Å². The topological polar surface area (TPSA) is 101 Å². The largest absolute Gasteiger partial charge is 0.493 e. The van der Waals surface area contributed by atoms with Crippen LogP contribution in [-0.2, 0) is 16.0 Å². The molecule has 0 saturated carbocycles. The molecule has 4 rings (SSSR count). The molecule has 1 aliphatic rings. The zero-order valence-corrected chi connectivity index (χ0v) is 20.0. The molecule has 180 valence electrons. The second-order valence-corrected chi connectivity index (χ2v) is 8.41. The number of ether oxygens (including phenoxy) is 3. The zero-order chi connectivity index (χ0) is 24.9. The Hall–Kier alpha value is -4.25. The van der Waals surface area contributed by atoms with Gasteiger partial charge in [-0.05, 0) is 52.1 Å². The molecule has 1 heterocycles. The van der Waals surface area contributed by atoms with Gasteiger partial charge in [-0.15, -0.1) is 0 Å². The standard InChI is InChI=1S/C27H27N3O5/c1-33-23-13-22(14-24(34-2)26(23)35-3)20-7-6-18-10-17(4-5-19(18)12-20)11-25(31)30-9-8-21(15-30)27(32)29-16-28/h4-7,10,12-14,21H,8-9,11,15H2,1-3H3,(H,29,32). The third-order valence-electron chi connectivity index (χ3n) is 6.35. The van der Waals surface area contributed by atoms with Crippen LogP contribution >= 0.6 is 0 Å². The number of nitrogens with zero attached hydrogens (tertiary/aromatic N) is 2. The fourth-order valence-corrected chi connectivity index (χ4v) is 4.48. The summed E-state index contributed by atoms with van der Waals surface area (Å²) < 4.78 is 16.4. The fraction of sp³-hybridized carbons (Fsp3) is 0.296. The Kier molecular flexibility index (Phi) is 7.06. The van der Waals surface area contributed by atoms with Crippen LogP contribution in [0.5, 0.6) is 17.2 Å². The summed E-state index contributed by atoms with van der Waals surface area (Å²) in [5.41, 5.74) is 2.84. The molecule has 2 amide bonds. The molecule has 1 N–H and O–H groups in total. The van der Waals surface area contributed by atoms with E-state index in [0.29, 0.717) is 36.8 Å². The van der Waals surface area contributed by atoms with Crippen LogP contribution in [0.2, 0.25) is 0 Å². The van der Waals surface area contributed by atoms with E-state index in [9.17, 15) is 9.59 Å². The normalized spacial score (nSPS) is 14.9. The van der Waals surface area contributed by atoms with Crippen molar-refractivity contribution in [3.8, 4) is 34.6 Å². The average molecular weight is 474 g/mol. The highest BCUT2D eigenvalue weighted by Crippen LogP contribution is 2.41. The lowest BCUT2D eigenvalue weighted by Crippen LogP contribution is -2.33. The van der Waals surface area contributed by atoms with E-state index in [1.807, 2.05) is 42.5 Å². The molecule has 3 aromatic rings. The van der Waals surface area contributed by atoms with Crippen LogP contribution in [0.1, 0.15) is 12.0 Å². The maximum absolute atomic E-state index is 12.8. The van der Waals surface area contributed by atoms with E-state index in [0.717, 1.165) is 27.5 Å². The molecular formula is C27H27N3O5. The van der Waals surface area contributed by atoms with E-state index in [1.54, 1.807) is 32.4 Å². The van der Waals surface area contributed by atoms with Crippen LogP contribution in [0.15, 0.2) is 48.5 Å². The molecule has 0 bridgehead atoms. The summed E-state index contributed by atoms with van der Waals surface area (Å²) in [7, 11) is 4.76. The van der Waals surface area contributed by atoms with E-state index < -0.39 is 0 Å². The van der Waals surface area contributed by atoms with E-state index in [4.69, 9.17) is 19.5 Å². The van der Waals surface area contributed by atoms with Crippen LogP contribution in [0.4, 0.5) is 0 Å². The van der Waals surface area contributed by atoms with Gasteiger partial charge in [-0.2, -0.15) is 5.26 Å². The Morgan fingerprint density at radius 2 is 1.66 bits per heavy atom. The van der Waals surface area contributed by atoms with Crippen molar-refractivity contribution in [1.82, 2.24) is 10.2 Å². The lowest BCUT2D eigenvalue weighted by Gasteiger charge is -2.16. The van der Waals surface area contributed by atoms with Crippen molar-refractivity contribution in [1.29, 1.82) is 5.26 Å². The summed E-state index contributed by atoms with van der Waals surface area (Å²) in [4.78, 5) is 26.3. The number of nitrogens with one attached hydrogen (secondary N) is 1. The molecular weight excluding hydrogens is 446 g/mol. The number of hydrogen-bond donors (Lipinski definition) is 1. The van der Waals surface area contributed by atoms with Crippen molar-refractivity contribution >= 4 is 22.6 Å². The quantitative estimate of drug-likeness (QED) is 0.416. The fourth-order valence-electron chi connectivity index (χ4n) is 4.48. The first kappa shape index (κ1) is 23.9. The molecule has 1 saturated heterocycles. The lowest BCUT2D eigenvalue weighted by molar-refractivity contribution is -0.130. The minimum absolute atomic E-state index is 0.0225. The summed E-state index contributed by atoms with van der Waals surface area (Å²) in [6.45, 7) is 0.867. The maximum Gasteiger partial charge on any atom is 0.237 e. The van der Waals surface area contributed by atoms with Gasteiger partial charge in [0.15, 0.2) is 17.7 Å². The van der Waals surface area contributed by atoms with Gasteiger partial charge in [-0.1, -0.05) is 30.3 Å². The SMILES string of the molecule is COc1cc(-c2ccc3cc(CC(=O)N4CCC(C(=O)NC#N)C4)ccc3c2)cc(OC)c1OC. The van der Waals surface area contributed by atoms with Crippen LogP contribution in [0, 0.1) is 17.4 Å². The van der Waals surface area contributed by atoms with Gasteiger partial charge in [0, 0.05) is 13.1 Å². The Balaban J connectivity index is 1.52. The van der Waals surface area contributed by atoms with Gasteiger partial charge in [-0.3, -0.25) is 14.9 Å². The highest BCUT2D eigenvalue weighted by molar-refractivity contribution is 5.90. The molecule has 1 unspecified atom stereocenters. The molecule has 3 aromatic carbocycles. The van der Waals surface area contributed by atoms with Crippen molar-refractivity contribution in [2.24, 2.45) is 5.92 Å². The molecule has 0 aliphatic carbocycles. The smallest absolute Gasteiger partial charge is 0.237 e. The predicted molar refractivity (Wildman–Crippen MR) is 131 cm³/mol. The Bertz CT molecular complexity index is 1290. The highest BCUT2D eigenvalue weighted by atomic mass is 16.5. The summed E-state index contributed by atoms with van der Waals surface area (Å²) >= 11 is 0. The first-order chi connectivity index (χ1) is 17.0. The van der Waals surface area contributed by atoms with Crippen molar-refractivity contribution in [2.45, 2.75) is 12.8 Å².